The predicted octanol–water partition coefficient (Wildman–Crippen LogP) is 1.04. The van der Waals surface area contributed by atoms with Crippen LogP contribution in [0.25, 0.3) is 11.5 Å². The lowest BCUT2D eigenvalue weighted by atomic mass is 10.1. The van der Waals surface area contributed by atoms with Crippen LogP contribution in [-0.2, 0) is 11.2 Å². The van der Waals surface area contributed by atoms with Gasteiger partial charge in [0.05, 0.1) is 6.42 Å². The van der Waals surface area contributed by atoms with Crippen LogP contribution in [0.1, 0.15) is 30.5 Å². The minimum Gasteiger partial charge on any atom is -0.352 e. The molecule has 7 heteroatoms. The molecule has 2 aromatic heterocycles. The third kappa shape index (κ3) is 3.67. The number of hydrogen-bond acceptors (Lipinski definition) is 5. The minimum absolute atomic E-state index is 0.0522. The molecule has 7 nitrogen and oxygen atoms in total. The van der Waals surface area contributed by atoms with Gasteiger partial charge in [0.2, 0.25) is 5.91 Å². The molecule has 2 aliphatic rings. The Morgan fingerprint density at radius 3 is 2.88 bits per heavy atom. The van der Waals surface area contributed by atoms with Gasteiger partial charge in [-0.2, -0.15) is 0 Å². The lowest BCUT2D eigenvalue weighted by Gasteiger charge is -2.16. The van der Waals surface area contributed by atoms with Gasteiger partial charge in [0.1, 0.15) is 5.69 Å². The second kappa shape index (κ2) is 6.99. The van der Waals surface area contributed by atoms with E-state index in [1.165, 1.54) is 12.8 Å². The van der Waals surface area contributed by atoms with E-state index in [1.807, 2.05) is 6.07 Å². The first-order valence-corrected chi connectivity index (χ1v) is 9.15. The third-order valence-electron chi connectivity index (χ3n) is 5.12. The fourth-order valence-electron chi connectivity index (χ4n) is 3.56. The van der Waals surface area contributed by atoms with Gasteiger partial charge >= 0.3 is 0 Å². The summed E-state index contributed by atoms with van der Waals surface area (Å²) in [7, 11) is 0. The van der Waals surface area contributed by atoms with Crippen LogP contribution in [0, 0.1) is 6.92 Å². The standard InChI is InChI=1S/C19H23N5O2/c1-12-15(19(26)23-18(21-12)16-4-2-3-8-20-16)10-17(25)22-13-7-9-24(11-13)14-5-6-14/h2-4,8,13-14H,5-7,9-11H2,1H3,(H,22,25)(H,21,23,26). The molecular weight excluding hydrogens is 330 g/mol. The predicted molar refractivity (Wildman–Crippen MR) is 97.7 cm³/mol. The average Bonchev–Trinajstić information content (AvgIpc) is 3.38. The van der Waals surface area contributed by atoms with Gasteiger partial charge in [-0.05, 0) is 38.3 Å². The quantitative estimate of drug-likeness (QED) is 0.838. The Labute approximate surface area is 151 Å². The molecule has 2 N–H and O–H groups in total. The summed E-state index contributed by atoms with van der Waals surface area (Å²) in [5.74, 6) is 0.307. The van der Waals surface area contributed by atoms with Crippen LogP contribution < -0.4 is 10.9 Å². The molecule has 0 aromatic carbocycles. The first kappa shape index (κ1) is 16.9. The fraction of sp³-hybridized carbons (Fsp3) is 0.474. The van der Waals surface area contributed by atoms with Crippen molar-refractivity contribution in [2.75, 3.05) is 13.1 Å². The van der Waals surface area contributed by atoms with Crippen LogP contribution in [0.5, 0.6) is 0 Å². The Kier molecular flexibility index (Phi) is 4.55. The van der Waals surface area contributed by atoms with E-state index < -0.39 is 0 Å². The van der Waals surface area contributed by atoms with Crippen molar-refractivity contribution < 1.29 is 4.79 Å². The van der Waals surface area contributed by atoms with Crippen molar-refractivity contribution in [1.29, 1.82) is 0 Å². The van der Waals surface area contributed by atoms with Gasteiger partial charge in [0, 0.05) is 42.6 Å². The zero-order valence-corrected chi connectivity index (χ0v) is 14.9. The Morgan fingerprint density at radius 1 is 1.35 bits per heavy atom. The van der Waals surface area contributed by atoms with Crippen molar-refractivity contribution in [3.8, 4) is 11.5 Å². The number of rotatable bonds is 5. The van der Waals surface area contributed by atoms with Crippen LogP contribution in [0.3, 0.4) is 0 Å². The minimum atomic E-state index is -0.278. The molecule has 1 aliphatic carbocycles. The Bertz CT molecular complexity index is 860. The van der Waals surface area contributed by atoms with E-state index in [9.17, 15) is 9.59 Å². The van der Waals surface area contributed by atoms with Crippen molar-refractivity contribution in [1.82, 2.24) is 25.2 Å². The molecule has 0 spiro atoms. The molecule has 136 valence electrons. The summed E-state index contributed by atoms with van der Waals surface area (Å²) in [6.45, 7) is 3.73. The Morgan fingerprint density at radius 2 is 2.19 bits per heavy atom. The van der Waals surface area contributed by atoms with Gasteiger partial charge in [-0.1, -0.05) is 6.07 Å². The third-order valence-corrected chi connectivity index (χ3v) is 5.12. The zero-order chi connectivity index (χ0) is 18.1. The first-order valence-electron chi connectivity index (χ1n) is 9.15. The summed E-state index contributed by atoms with van der Waals surface area (Å²) in [6, 6.07) is 6.34. The van der Waals surface area contributed by atoms with Gasteiger partial charge in [0.25, 0.3) is 5.56 Å². The summed E-state index contributed by atoms with van der Waals surface area (Å²) in [5, 5.41) is 3.07. The topological polar surface area (TPSA) is 91.0 Å². The zero-order valence-electron chi connectivity index (χ0n) is 14.9. The molecule has 4 rings (SSSR count). The number of carbonyl (C=O) groups is 1. The van der Waals surface area contributed by atoms with Gasteiger partial charge in [-0.3, -0.25) is 19.5 Å². The summed E-state index contributed by atoms with van der Waals surface area (Å²) < 4.78 is 0. The van der Waals surface area contributed by atoms with Gasteiger partial charge in [-0.25, -0.2) is 4.98 Å². The number of amides is 1. The normalized spacial score (nSPS) is 20.3. The van der Waals surface area contributed by atoms with E-state index in [2.05, 4.69) is 25.2 Å². The van der Waals surface area contributed by atoms with Crippen molar-refractivity contribution >= 4 is 5.91 Å². The number of hydrogen-bond donors (Lipinski definition) is 2. The van der Waals surface area contributed by atoms with Crippen molar-refractivity contribution in [2.24, 2.45) is 0 Å². The molecule has 2 aromatic rings. The number of H-pyrrole nitrogens is 1. The summed E-state index contributed by atoms with van der Waals surface area (Å²) in [6.07, 6.45) is 5.25. The first-order chi connectivity index (χ1) is 12.6. The number of aryl methyl sites for hydroxylation is 1. The summed E-state index contributed by atoms with van der Waals surface area (Å²) >= 11 is 0. The largest absolute Gasteiger partial charge is 0.352 e. The molecule has 1 saturated heterocycles. The Balaban J connectivity index is 1.43. The molecule has 1 unspecified atom stereocenters. The molecule has 1 amide bonds. The van der Waals surface area contributed by atoms with Gasteiger partial charge in [0.15, 0.2) is 5.82 Å². The number of likely N-dealkylation sites (tertiary alicyclic amines) is 1. The van der Waals surface area contributed by atoms with E-state index in [1.54, 1.807) is 25.3 Å². The van der Waals surface area contributed by atoms with Crippen LogP contribution in [0.15, 0.2) is 29.2 Å². The van der Waals surface area contributed by atoms with E-state index >= 15 is 0 Å². The fourth-order valence-corrected chi connectivity index (χ4v) is 3.56. The molecule has 0 radical (unpaired) electrons. The lowest BCUT2D eigenvalue weighted by Crippen LogP contribution is -2.39. The van der Waals surface area contributed by atoms with Crippen LogP contribution in [0.2, 0.25) is 0 Å². The molecule has 1 saturated carbocycles. The molecule has 1 atom stereocenters. The number of nitrogens with one attached hydrogen (secondary N) is 2. The molecule has 3 heterocycles. The highest BCUT2D eigenvalue weighted by Gasteiger charge is 2.34. The van der Waals surface area contributed by atoms with E-state index in [-0.39, 0.29) is 23.9 Å². The molecule has 2 fully saturated rings. The van der Waals surface area contributed by atoms with Crippen molar-refractivity contribution in [3.05, 3.63) is 46.0 Å². The number of aromatic amines is 1. The van der Waals surface area contributed by atoms with E-state index in [4.69, 9.17) is 0 Å². The van der Waals surface area contributed by atoms with Gasteiger partial charge < -0.3 is 10.3 Å². The number of pyridine rings is 1. The second-order valence-electron chi connectivity index (χ2n) is 7.15. The molecule has 26 heavy (non-hydrogen) atoms. The maximum Gasteiger partial charge on any atom is 0.255 e. The van der Waals surface area contributed by atoms with Crippen LogP contribution in [-0.4, -0.2) is 50.9 Å². The SMILES string of the molecule is Cc1nc(-c2ccccn2)[nH]c(=O)c1CC(=O)NC1CCN(C2CC2)C1. The highest BCUT2D eigenvalue weighted by atomic mass is 16.2. The second-order valence-corrected chi connectivity index (χ2v) is 7.15. The van der Waals surface area contributed by atoms with E-state index in [0.717, 1.165) is 25.6 Å². The Hall–Kier alpha value is -2.54. The maximum absolute atomic E-state index is 12.4. The number of aromatic nitrogens is 3. The number of carbonyl (C=O) groups excluding carboxylic acids is 1. The van der Waals surface area contributed by atoms with Crippen LogP contribution in [0.4, 0.5) is 0 Å². The monoisotopic (exact) mass is 353 g/mol. The van der Waals surface area contributed by atoms with Crippen molar-refractivity contribution in [3.63, 3.8) is 0 Å². The summed E-state index contributed by atoms with van der Waals surface area (Å²) in [4.78, 5) is 38.7. The average molecular weight is 353 g/mol. The van der Waals surface area contributed by atoms with E-state index in [0.29, 0.717) is 22.8 Å². The van der Waals surface area contributed by atoms with Crippen LogP contribution >= 0.6 is 0 Å². The molecular formula is C19H23N5O2. The van der Waals surface area contributed by atoms with Crippen molar-refractivity contribution in [2.45, 2.75) is 44.7 Å². The maximum atomic E-state index is 12.4. The highest BCUT2D eigenvalue weighted by molar-refractivity contribution is 5.79. The molecule has 1 aliphatic heterocycles. The summed E-state index contributed by atoms with van der Waals surface area (Å²) in [5.41, 5.74) is 1.31. The number of nitrogens with zero attached hydrogens (tertiary/aromatic N) is 3. The molecule has 0 bridgehead atoms. The highest BCUT2D eigenvalue weighted by Crippen LogP contribution is 2.29. The van der Waals surface area contributed by atoms with Gasteiger partial charge in [-0.15, -0.1) is 0 Å². The lowest BCUT2D eigenvalue weighted by molar-refractivity contribution is -0.121. The smallest absolute Gasteiger partial charge is 0.255 e.